The van der Waals surface area contributed by atoms with E-state index in [2.05, 4.69) is 19.7 Å². The van der Waals surface area contributed by atoms with Gasteiger partial charge in [0.15, 0.2) is 22.9 Å². The highest BCUT2D eigenvalue weighted by molar-refractivity contribution is 7.93. The molecule has 3 aromatic heterocycles. The molecule has 2 N–H and O–H groups in total. The Morgan fingerprint density at radius 1 is 1.00 bits per heavy atom. The van der Waals surface area contributed by atoms with E-state index in [0.29, 0.717) is 66.9 Å². The normalized spacial score (nSPS) is 17.6. The van der Waals surface area contributed by atoms with E-state index in [1.807, 2.05) is 6.92 Å². The van der Waals surface area contributed by atoms with E-state index in [-0.39, 0.29) is 17.1 Å². The van der Waals surface area contributed by atoms with Crippen LogP contribution >= 0.6 is 0 Å². The van der Waals surface area contributed by atoms with Gasteiger partial charge >= 0.3 is 0 Å². The summed E-state index contributed by atoms with van der Waals surface area (Å²) in [5, 5.41) is 9.16. The van der Waals surface area contributed by atoms with Gasteiger partial charge in [-0.1, -0.05) is 12.1 Å². The number of fused-ring (bicyclic) bond motifs is 1. The quantitative estimate of drug-likeness (QED) is 0.315. The average molecular weight is 555 g/mol. The molecule has 0 radical (unpaired) electrons. The Morgan fingerprint density at radius 2 is 1.69 bits per heavy atom. The Balaban J connectivity index is 1.68. The molecule has 1 aliphatic rings. The number of methoxy groups -OCH3 is 2. The van der Waals surface area contributed by atoms with Crippen LogP contribution in [-0.4, -0.2) is 70.2 Å². The highest BCUT2D eigenvalue weighted by Gasteiger charge is 2.31. The highest BCUT2D eigenvalue weighted by atomic mass is 32.2. The number of hydrogen-bond donors (Lipinski definition) is 2. The van der Waals surface area contributed by atoms with E-state index in [1.54, 1.807) is 41.0 Å². The van der Waals surface area contributed by atoms with E-state index >= 15 is 0 Å². The van der Waals surface area contributed by atoms with Gasteiger partial charge in [0.1, 0.15) is 22.9 Å². The van der Waals surface area contributed by atoms with Crippen molar-refractivity contribution in [2.45, 2.75) is 44.0 Å². The number of hydrogen-bond acceptors (Lipinski definition) is 10. The second-order valence-electron chi connectivity index (χ2n) is 9.06. The van der Waals surface area contributed by atoms with Crippen molar-refractivity contribution in [1.82, 2.24) is 24.5 Å². The van der Waals surface area contributed by atoms with Gasteiger partial charge in [-0.15, -0.1) is 0 Å². The van der Waals surface area contributed by atoms with E-state index in [9.17, 15) is 13.5 Å². The molecule has 3 heterocycles. The van der Waals surface area contributed by atoms with Crippen LogP contribution in [0.3, 0.4) is 0 Å². The standard InChI is InChI=1S/C26H30N6O6S/c1-4-38-22-10-5-7-18(28-22)25-30-24-26(32(25)23-19(36-2)8-6-9-20(23)37-3)29-21(15-27-24)31-39(34,35)17-13-11-16(33)12-14-17/h5-10,15-17,33H,4,11-14H2,1-3H3,(H,29,31)/t16-,17-. The second kappa shape index (κ2) is 11.0. The molecule has 5 rings (SSSR count). The van der Waals surface area contributed by atoms with E-state index < -0.39 is 21.4 Å². The maximum Gasteiger partial charge on any atom is 0.236 e. The van der Waals surface area contributed by atoms with Crippen molar-refractivity contribution in [1.29, 1.82) is 0 Å². The fraction of sp³-hybridized carbons (Fsp3) is 0.385. The van der Waals surface area contributed by atoms with Crippen LogP contribution in [0.25, 0.3) is 28.5 Å². The number of sulfonamides is 1. The van der Waals surface area contributed by atoms with E-state index in [0.717, 1.165) is 0 Å². The third kappa shape index (κ3) is 5.32. The van der Waals surface area contributed by atoms with Gasteiger partial charge in [-0.2, -0.15) is 0 Å². The summed E-state index contributed by atoms with van der Waals surface area (Å²) in [6, 6.07) is 10.7. The van der Waals surface area contributed by atoms with Gasteiger partial charge in [0.2, 0.25) is 15.9 Å². The zero-order chi connectivity index (χ0) is 27.6. The Labute approximate surface area is 226 Å². The molecule has 0 unspecified atom stereocenters. The first-order chi connectivity index (χ1) is 18.8. The molecule has 0 aliphatic heterocycles. The lowest BCUT2D eigenvalue weighted by Crippen LogP contribution is -2.33. The van der Waals surface area contributed by atoms with Crippen molar-refractivity contribution in [3.63, 3.8) is 0 Å². The highest BCUT2D eigenvalue weighted by Crippen LogP contribution is 2.38. The van der Waals surface area contributed by atoms with Crippen molar-refractivity contribution < 1.29 is 27.7 Å². The number of para-hydroxylation sites is 1. The summed E-state index contributed by atoms with van der Waals surface area (Å²) in [5.41, 5.74) is 1.52. The predicted molar refractivity (Wildman–Crippen MR) is 145 cm³/mol. The van der Waals surface area contributed by atoms with Crippen LogP contribution in [0.5, 0.6) is 17.4 Å². The molecule has 0 bridgehead atoms. The molecule has 39 heavy (non-hydrogen) atoms. The largest absolute Gasteiger partial charge is 0.494 e. The molecule has 13 heteroatoms. The molecule has 1 aliphatic carbocycles. The Morgan fingerprint density at radius 3 is 2.36 bits per heavy atom. The molecule has 1 aromatic carbocycles. The van der Waals surface area contributed by atoms with Crippen LogP contribution < -0.4 is 18.9 Å². The first-order valence-electron chi connectivity index (χ1n) is 12.6. The van der Waals surface area contributed by atoms with Crippen LogP contribution in [0.2, 0.25) is 0 Å². The molecular weight excluding hydrogens is 524 g/mol. The lowest BCUT2D eigenvalue weighted by Gasteiger charge is -2.25. The fourth-order valence-electron chi connectivity index (χ4n) is 4.69. The molecular formula is C26H30N6O6S. The van der Waals surface area contributed by atoms with Crippen molar-refractivity contribution in [2.75, 3.05) is 25.5 Å². The van der Waals surface area contributed by atoms with E-state index in [4.69, 9.17) is 19.2 Å². The monoisotopic (exact) mass is 554 g/mol. The van der Waals surface area contributed by atoms with Crippen LogP contribution in [0.1, 0.15) is 32.6 Å². The Kier molecular flexibility index (Phi) is 7.53. The number of imidazole rings is 1. The van der Waals surface area contributed by atoms with Gasteiger partial charge in [0.25, 0.3) is 0 Å². The van der Waals surface area contributed by atoms with Gasteiger partial charge < -0.3 is 19.3 Å². The number of pyridine rings is 1. The molecule has 1 fully saturated rings. The SMILES string of the molecule is CCOc1cccc(-c2nc3ncc(NS(=O)(=O)[C@H]4CC[C@H](O)CC4)nc3n2-c2c(OC)cccc2OC)n1. The third-order valence-corrected chi connectivity index (χ3v) is 8.41. The number of anilines is 1. The minimum Gasteiger partial charge on any atom is -0.494 e. The summed E-state index contributed by atoms with van der Waals surface area (Å²) in [4.78, 5) is 18.4. The lowest BCUT2D eigenvalue weighted by atomic mass is 9.97. The summed E-state index contributed by atoms with van der Waals surface area (Å²) in [6.07, 6.45) is 2.48. The summed E-state index contributed by atoms with van der Waals surface area (Å²) in [6.45, 7) is 2.31. The van der Waals surface area contributed by atoms with Crippen LogP contribution in [-0.2, 0) is 10.0 Å². The topological polar surface area (TPSA) is 151 Å². The number of nitrogens with zero attached hydrogens (tertiary/aromatic N) is 5. The van der Waals surface area contributed by atoms with Crippen molar-refractivity contribution in [2.24, 2.45) is 0 Å². The summed E-state index contributed by atoms with van der Waals surface area (Å²) < 4.78 is 47.4. The molecule has 1 saturated carbocycles. The number of ether oxygens (including phenoxy) is 3. The first kappa shape index (κ1) is 26.6. The maximum absolute atomic E-state index is 13.1. The smallest absolute Gasteiger partial charge is 0.236 e. The molecule has 4 aromatic rings. The number of aliphatic hydroxyl groups excluding tert-OH is 1. The Bertz CT molecular complexity index is 1560. The van der Waals surface area contributed by atoms with Crippen molar-refractivity contribution >= 4 is 27.1 Å². The van der Waals surface area contributed by atoms with Crippen LogP contribution in [0.15, 0.2) is 42.6 Å². The summed E-state index contributed by atoms with van der Waals surface area (Å²) in [7, 11) is -0.682. The van der Waals surface area contributed by atoms with E-state index in [1.165, 1.54) is 20.4 Å². The Hall–Kier alpha value is -3.97. The zero-order valence-corrected chi connectivity index (χ0v) is 22.7. The number of benzene rings is 1. The molecule has 0 saturated heterocycles. The number of aliphatic hydroxyl groups is 1. The molecule has 0 amide bonds. The zero-order valence-electron chi connectivity index (χ0n) is 21.9. The minimum atomic E-state index is -3.76. The predicted octanol–water partition coefficient (Wildman–Crippen LogP) is 3.34. The van der Waals surface area contributed by atoms with Gasteiger partial charge in [-0.05, 0) is 50.8 Å². The second-order valence-corrected chi connectivity index (χ2v) is 11.0. The molecule has 0 spiro atoms. The van der Waals surface area contributed by atoms with Crippen LogP contribution in [0.4, 0.5) is 5.82 Å². The van der Waals surface area contributed by atoms with Gasteiger partial charge in [-0.25, -0.2) is 28.4 Å². The summed E-state index contributed by atoms with van der Waals surface area (Å²) >= 11 is 0. The van der Waals surface area contributed by atoms with Crippen molar-refractivity contribution in [3.8, 4) is 34.6 Å². The molecule has 12 nitrogen and oxygen atoms in total. The molecule has 0 atom stereocenters. The number of nitrogens with one attached hydrogen (secondary N) is 1. The van der Waals surface area contributed by atoms with Gasteiger partial charge in [-0.3, -0.25) is 9.29 Å². The van der Waals surface area contributed by atoms with Crippen molar-refractivity contribution in [3.05, 3.63) is 42.6 Å². The minimum absolute atomic E-state index is 0.0474. The third-order valence-electron chi connectivity index (χ3n) is 6.57. The number of rotatable bonds is 9. The first-order valence-corrected chi connectivity index (χ1v) is 14.2. The average Bonchev–Trinajstić information content (AvgIpc) is 3.31. The maximum atomic E-state index is 13.1. The van der Waals surface area contributed by atoms with Crippen LogP contribution in [0, 0.1) is 0 Å². The van der Waals surface area contributed by atoms with Gasteiger partial charge in [0.05, 0.1) is 38.4 Å². The molecule has 206 valence electrons. The lowest BCUT2D eigenvalue weighted by molar-refractivity contribution is 0.131. The number of aromatic nitrogens is 5. The van der Waals surface area contributed by atoms with Gasteiger partial charge in [0, 0.05) is 6.07 Å². The fourth-order valence-corrected chi connectivity index (χ4v) is 6.14. The summed E-state index contributed by atoms with van der Waals surface area (Å²) in [5.74, 6) is 1.81.